The van der Waals surface area contributed by atoms with Gasteiger partial charge in [0.15, 0.2) is 0 Å². The molecule has 3 rings (SSSR count). The van der Waals surface area contributed by atoms with E-state index in [4.69, 9.17) is 10.8 Å². The molecule has 1 aromatic carbocycles. The Morgan fingerprint density at radius 2 is 1.63 bits per heavy atom. The van der Waals surface area contributed by atoms with Gasteiger partial charge in [-0.05, 0) is 36.8 Å². The van der Waals surface area contributed by atoms with E-state index in [9.17, 15) is 38.4 Å². The maximum atomic E-state index is 14.1. The number of likely N-dealkylation sites (tertiary alicyclic amines) is 1. The number of Topliss-reactive ketones (excluding diaryl/α,β-unsaturated/α-hetero) is 1. The number of carboxylic acid groups (broad SMARTS) is 1. The number of nitrogens with one attached hydrogen (secondary N) is 1. The molecule has 1 fully saturated rings. The van der Waals surface area contributed by atoms with Crippen LogP contribution in [0.15, 0.2) is 52.2 Å². The summed E-state index contributed by atoms with van der Waals surface area (Å²) in [5.41, 5.74) is 4.81. The van der Waals surface area contributed by atoms with E-state index in [-0.39, 0.29) is 19.5 Å². The Kier molecular flexibility index (Phi) is 12.0. The van der Waals surface area contributed by atoms with Crippen molar-refractivity contribution in [2.75, 3.05) is 6.54 Å². The van der Waals surface area contributed by atoms with Crippen LogP contribution in [0.25, 0.3) is 0 Å². The Bertz CT molecular complexity index is 1600. The molecule has 46 heavy (non-hydrogen) atoms. The van der Waals surface area contributed by atoms with Crippen LogP contribution in [0.3, 0.4) is 0 Å². The predicted molar refractivity (Wildman–Crippen MR) is 164 cm³/mol. The summed E-state index contributed by atoms with van der Waals surface area (Å²) in [5.74, 6) is -7.17. The van der Waals surface area contributed by atoms with Crippen molar-refractivity contribution in [3.63, 3.8) is 0 Å². The second-order valence-corrected chi connectivity index (χ2v) is 11.8. The van der Waals surface area contributed by atoms with Crippen molar-refractivity contribution in [3.8, 4) is 0 Å². The first kappa shape index (κ1) is 35.7. The van der Waals surface area contributed by atoms with E-state index >= 15 is 0 Å². The highest BCUT2D eigenvalue weighted by atomic mass is 16.4. The molecule has 15 nitrogen and oxygen atoms in total. The Balaban J connectivity index is 1.93. The van der Waals surface area contributed by atoms with Crippen molar-refractivity contribution < 1.29 is 33.9 Å². The molecular formula is C31H40N6O9. The number of aliphatic carboxylic acids is 1. The van der Waals surface area contributed by atoms with E-state index in [0.717, 1.165) is 17.8 Å². The fraction of sp³-hybridized carbons (Fsp3) is 0.484. The average molecular weight is 641 g/mol. The lowest BCUT2D eigenvalue weighted by molar-refractivity contribution is -0.158. The largest absolute Gasteiger partial charge is 0.480 e. The van der Waals surface area contributed by atoms with Gasteiger partial charge in [0.25, 0.3) is 29.2 Å². The molecule has 0 spiro atoms. The summed E-state index contributed by atoms with van der Waals surface area (Å²) < 4.78 is 1.11. The number of nitrogens with zero attached hydrogens (tertiary/aromatic N) is 4. The minimum atomic E-state index is -1.47. The maximum absolute atomic E-state index is 14.1. The zero-order valence-electron chi connectivity index (χ0n) is 26.3. The van der Waals surface area contributed by atoms with Gasteiger partial charge in [0.1, 0.15) is 13.1 Å². The van der Waals surface area contributed by atoms with E-state index in [1.165, 1.54) is 4.90 Å². The van der Waals surface area contributed by atoms with Crippen molar-refractivity contribution in [1.29, 1.82) is 0 Å². The van der Waals surface area contributed by atoms with Gasteiger partial charge in [0.05, 0.1) is 18.1 Å². The lowest BCUT2D eigenvalue weighted by Crippen LogP contribution is -2.60. The average Bonchev–Trinajstić information content (AvgIpc) is 3.48. The first-order valence-corrected chi connectivity index (χ1v) is 15.0. The van der Waals surface area contributed by atoms with Crippen LogP contribution in [0.4, 0.5) is 0 Å². The molecule has 3 atom stereocenters. The van der Waals surface area contributed by atoms with Crippen molar-refractivity contribution in [2.24, 2.45) is 17.6 Å². The molecular weight excluding hydrogens is 600 g/mol. The number of carbonyl (C=O) groups is 6. The van der Waals surface area contributed by atoms with Crippen LogP contribution in [0.5, 0.6) is 0 Å². The first-order chi connectivity index (χ1) is 21.6. The Hall–Kier alpha value is -4.76. The number of hydrogen-bond donors (Lipinski definition) is 3. The summed E-state index contributed by atoms with van der Waals surface area (Å²) in [6.07, 6.45) is 1.54. The standard InChI is InChI=1S/C31H40N6O9/c1-18(2)25(32)30(45)37(23(39)16-34-14-12-22(38)36(31(34)46)17-24(40)41)29(44)21-11-8-13-35(21)26(19(3)4)27(42)28(43)33-15-20-9-6-5-7-10-20/h5-7,9-10,12,14,18-19,21,25-26H,8,11,13,15-17,32H2,1-4H3,(H,33,43)(H,40,41)/t21-,25-,26?/m0/s1. The first-order valence-electron chi connectivity index (χ1n) is 15.0. The number of carboxylic acids is 1. The highest BCUT2D eigenvalue weighted by molar-refractivity contribution is 6.38. The fourth-order valence-electron chi connectivity index (χ4n) is 5.34. The fourth-order valence-corrected chi connectivity index (χ4v) is 5.34. The molecule has 1 aromatic heterocycles. The van der Waals surface area contributed by atoms with Gasteiger partial charge >= 0.3 is 11.7 Å². The molecule has 2 heterocycles. The van der Waals surface area contributed by atoms with Gasteiger partial charge in [-0.1, -0.05) is 58.0 Å². The number of aromatic nitrogens is 2. The molecule has 1 saturated heterocycles. The highest BCUT2D eigenvalue weighted by Crippen LogP contribution is 2.27. The van der Waals surface area contributed by atoms with Crippen molar-refractivity contribution in [1.82, 2.24) is 24.3 Å². The van der Waals surface area contributed by atoms with Crippen molar-refractivity contribution >= 4 is 35.4 Å². The number of benzene rings is 1. The van der Waals surface area contributed by atoms with E-state index < -0.39 is 89.7 Å². The lowest BCUT2D eigenvalue weighted by Gasteiger charge is -2.35. The third-order valence-electron chi connectivity index (χ3n) is 7.79. The molecule has 1 aliphatic heterocycles. The number of rotatable bonds is 13. The van der Waals surface area contributed by atoms with Gasteiger partial charge in [-0.2, -0.15) is 0 Å². The van der Waals surface area contributed by atoms with Crippen molar-refractivity contribution in [2.45, 2.75) is 78.3 Å². The van der Waals surface area contributed by atoms with E-state index in [0.29, 0.717) is 20.5 Å². The highest BCUT2D eigenvalue weighted by Gasteiger charge is 2.46. The second-order valence-electron chi connectivity index (χ2n) is 11.8. The van der Waals surface area contributed by atoms with Crippen LogP contribution in [-0.4, -0.2) is 84.1 Å². The summed E-state index contributed by atoms with van der Waals surface area (Å²) in [6.45, 7) is 5.15. The summed E-state index contributed by atoms with van der Waals surface area (Å²) in [5, 5.41) is 11.7. The smallest absolute Gasteiger partial charge is 0.331 e. The maximum Gasteiger partial charge on any atom is 0.331 e. The van der Waals surface area contributed by atoms with Crippen LogP contribution in [0, 0.1) is 11.8 Å². The van der Waals surface area contributed by atoms with E-state index in [2.05, 4.69) is 5.32 Å². The molecule has 0 radical (unpaired) electrons. The van der Waals surface area contributed by atoms with Gasteiger partial charge in [-0.15, -0.1) is 0 Å². The topological polar surface area (TPSA) is 211 Å². The summed E-state index contributed by atoms with van der Waals surface area (Å²) in [6, 6.07) is 6.38. The summed E-state index contributed by atoms with van der Waals surface area (Å²) >= 11 is 0. The van der Waals surface area contributed by atoms with Gasteiger partial charge in [-0.3, -0.25) is 43.0 Å². The van der Waals surface area contributed by atoms with E-state index in [1.54, 1.807) is 52.0 Å². The van der Waals surface area contributed by atoms with Crippen LogP contribution >= 0.6 is 0 Å². The number of ketones is 1. The number of nitrogens with two attached hydrogens (primary N) is 1. The Morgan fingerprint density at radius 3 is 2.22 bits per heavy atom. The zero-order chi connectivity index (χ0) is 34.3. The lowest BCUT2D eigenvalue weighted by atomic mass is 9.96. The number of imide groups is 3. The SMILES string of the molecule is CC(C)C(C(=O)C(=O)NCc1ccccc1)N1CCC[C@H]1C(=O)N(C(=O)Cn1ccc(=O)n(CC(=O)O)c1=O)C(=O)[C@@H](N)C(C)C. The number of carbonyl (C=O) groups excluding carboxylic acids is 5. The minimum Gasteiger partial charge on any atom is -0.480 e. The third kappa shape index (κ3) is 8.28. The third-order valence-corrected chi connectivity index (χ3v) is 7.79. The minimum absolute atomic E-state index is 0.113. The number of amides is 4. The molecule has 0 saturated carbocycles. The van der Waals surface area contributed by atoms with Crippen LogP contribution < -0.4 is 22.3 Å². The Morgan fingerprint density at radius 1 is 0.978 bits per heavy atom. The molecule has 0 aliphatic carbocycles. The van der Waals surface area contributed by atoms with Crippen molar-refractivity contribution in [3.05, 3.63) is 69.0 Å². The predicted octanol–water partition coefficient (Wildman–Crippen LogP) is -0.666. The summed E-state index contributed by atoms with van der Waals surface area (Å²) in [7, 11) is 0. The summed E-state index contributed by atoms with van der Waals surface area (Å²) in [4.78, 5) is 106. The molecule has 0 bridgehead atoms. The van der Waals surface area contributed by atoms with Crippen LogP contribution in [0.1, 0.15) is 46.1 Å². The van der Waals surface area contributed by atoms with E-state index in [1.807, 2.05) is 6.07 Å². The molecule has 4 amide bonds. The quantitative estimate of drug-likeness (QED) is 0.234. The molecule has 2 aromatic rings. The van der Waals surface area contributed by atoms with Gasteiger partial charge in [-0.25, -0.2) is 14.3 Å². The molecule has 4 N–H and O–H groups in total. The van der Waals surface area contributed by atoms with Gasteiger partial charge in [0, 0.05) is 18.8 Å². The normalized spacial score (nSPS) is 16.2. The van der Waals surface area contributed by atoms with Gasteiger partial charge in [0.2, 0.25) is 5.78 Å². The zero-order valence-corrected chi connectivity index (χ0v) is 26.3. The molecule has 1 unspecified atom stereocenters. The van der Waals surface area contributed by atoms with Crippen LogP contribution in [0.2, 0.25) is 0 Å². The second kappa shape index (κ2) is 15.5. The van der Waals surface area contributed by atoms with Gasteiger partial charge < -0.3 is 16.2 Å². The molecule has 1 aliphatic rings. The Labute approximate surface area is 265 Å². The number of hydrogen-bond acceptors (Lipinski definition) is 10. The monoisotopic (exact) mass is 640 g/mol. The van der Waals surface area contributed by atoms with Crippen LogP contribution in [-0.2, 0) is 48.4 Å². The molecule has 248 valence electrons. The molecule has 15 heteroatoms.